The van der Waals surface area contributed by atoms with Crippen molar-refractivity contribution < 1.29 is 24.2 Å². The number of nitrogens with one attached hydrogen (secondary N) is 1. The maximum absolute atomic E-state index is 11.8. The van der Waals surface area contributed by atoms with Gasteiger partial charge in [-0.3, -0.25) is 9.59 Å². The third-order valence-electron chi connectivity index (χ3n) is 3.27. The van der Waals surface area contributed by atoms with Gasteiger partial charge < -0.3 is 24.5 Å². The summed E-state index contributed by atoms with van der Waals surface area (Å²) >= 11 is 0. The average molecular weight is 320 g/mol. The number of carboxylic acids is 1. The summed E-state index contributed by atoms with van der Waals surface area (Å²) in [4.78, 5) is 22.6. The Morgan fingerprint density at radius 2 is 2.04 bits per heavy atom. The molecule has 0 spiro atoms. The standard InChI is InChI=1S/C16H20N2O5/c1-22-8-9-23-7-5-15(19)17-13-2-3-14-12(10-13)4-6-18(14)11-16(20)21/h2-4,6,10H,5,7-9,11H2,1H3,(H,17,19)(H,20,21). The molecule has 1 aromatic carbocycles. The van der Waals surface area contributed by atoms with Gasteiger partial charge in [0.15, 0.2) is 0 Å². The third-order valence-corrected chi connectivity index (χ3v) is 3.27. The second-order valence-corrected chi connectivity index (χ2v) is 5.01. The van der Waals surface area contributed by atoms with Crippen LogP contribution in [0.1, 0.15) is 6.42 Å². The molecule has 2 rings (SSSR count). The van der Waals surface area contributed by atoms with E-state index in [1.54, 1.807) is 30.0 Å². The number of ether oxygens (including phenoxy) is 2. The molecule has 0 fully saturated rings. The van der Waals surface area contributed by atoms with Crippen LogP contribution in [-0.4, -0.2) is 48.5 Å². The number of benzene rings is 1. The number of anilines is 1. The number of aromatic nitrogens is 1. The number of hydrogen-bond donors (Lipinski definition) is 2. The first-order valence-corrected chi connectivity index (χ1v) is 7.27. The van der Waals surface area contributed by atoms with Crippen LogP contribution in [0.15, 0.2) is 30.5 Å². The number of aliphatic carboxylic acids is 1. The van der Waals surface area contributed by atoms with Gasteiger partial charge in [0.25, 0.3) is 0 Å². The van der Waals surface area contributed by atoms with E-state index in [-0.39, 0.29) is 18.9 Å². The SMILES string of the molecule is COCCOCCC(=O)Nc1ccc2c(ccn2CC(=O)O)c1. The van der Waals surface area contributed by atoms with Crippen LogP contribution >= 0.6 is 0 Å². The number of carbonyl (C=O) groups is 2. The van der Waals surface area contributed by atoms with Crippen molar-refractivity contribution in [2.24, 2.45) is 0 Å². The molecule has 1 amide bonds. The molecule has 0 bridgehead atoms. The first-order chi connectivity index (χ1) is 11.1. The molecule has 0 atom stereocenters. The highest BCUT2D eigenvalue weighted by molar-refractivity contribution is 5.94. The molecule has 0 radical (unpaired) electrons. The molecule has 1 aromatic heterocycles. The molecular formula is C16H20N2O5. The minimum Gasteiger partial charge on any atom is -0.480 e. The van der Waals surface area contributed by atoms with E-state index in [2.05, 4.69) is 5.32 Å². The Kier molecular flexibility index (Phi) is 6.13. The minimum absolute atomic E-state index is 0.0893. The summed E-state index contributed by atoms with van der Waals surface area (Å²) in [6.07, 6.45) is 1.98. The normalized spacial score (nSPS) is 10.8. The lowest BCUT2D eigenvalue weighted by molar-refractivity contribution is -0.137. The van der Waals surface area contributed by atoms with E-state index in [0.29, 0.717) is 25.5 Å². The van der Waals surface area contributed by atoms with E-state index in [9.17, 15) is 9.59 Å². The van der Waals surface area contributed by atoms with Gasteiger partial charge in [0.2, 0.25) is 5.91 Å². The van der Waals surface area contributed by atoms with Crippen molar-refractivity contribution in [2.75, 3.05) is 32.2 Å². The smallest absolute Gasteiger partial charge is 0.323 e. The number of rotatable bonds is 9. The zero-order valence-electron chi connectivity index (χ0n) is 12.9. The van der Waals surface area contributed by atoms with Crippen LogP contribution < -0.4 is 5.32 Å². The quantitative estimate of drug-likeness (QED) is 0.687. The Hall–Kier alpha value is -2.38. The van der Waals surface area contributed by atoms with Gasteiger partial charge in [0.1, 0.15) is 6.54 Å². The number of hydrogen-bond acceptors (Lipinski definition) is 4. The molecular weight excluding hydrogens is 300 g/mol. The van der Waals surface area contributed by atoms with Crippen LogP contribution in [0.4, 0.5) is 5.69 Å². The van der Waals surface area contributed by atoms with Crippen molar-refractivity contribution in [3.05, 3.63) is 30.5 Å². The fraction of sp³-hybridized carbons (Fsp3) is 0.375. The fourth-order valence-corrected chi connectivity index (χ4v) is 2.19. The Morgan fingerprint density at radius 1 is 1.22 bits per heavy atom. The van der Waals surface area contributed by atoms with Crippen LogP contribution in [0.5, 0.6) is 0 Å². The molecule has 0 unspecified atom stereocenters. The lowest BCUT2D eigenvalue weighted by Gasteiger charge is -2.07. The van der Waals surface area contributed by atoms with Crippen molar-refractivity contribution in [2.45, 2.75) is 13.0 Å². The topological polar surface area (TPSA) is 89.8 Å². The van der Waals surface area contributed by atoms with Gasteiger partial charge >= 0.3 is 5.97 Å². The van der Waals surface area contributed by atoms with Crippen molar-refractivity contribution in [1.29, 1.82) is 0 Å². The summed E-state index contributed by atoms with van der Waals surface area (Å²) in [5.74, 6) is -1.03. The summed E-state index contributed by atoms with van der Waals surface area (Å²) in [6, 6.07) is 7.19. The Labute approximate surface area is 133 Å². The fourth-order valence-electron chi connectivity index (χ4n) is 2.19. The zero-order chi connectivity index (χ0) is 16.7. The van der Waals surface area contributed by atoms with Gasteiger partial charge in [-0.25, -0.2) is 0 Å². The van der Waals surface area contributed by atoms with Gasteiger partial charge in [0.05, 0.1) is 26.2 Å². The molecule has 2 N–H and O–H groups in total. The van der Waals surface area contributed by atoms with Gasteiger partial charge in [-0.05, 0) is 24.3 Å². The molecule has 0 saturated carbocycles. The monoisotopic (exact) mass is 320 g/mol. The molecule has 2 aromatic rings. The summed E-state index contributed by atoms with van der Waals surface area (Å²) in [5, 5.41) is 12.5. The number of nitrogens with zero attached hydrogens (tertiary/aromatic N) is 1. The zero-order valence-corrected chi connectivity index (χ0v) is 12.9. The van der Waals surface area contributed by atoms with Crippen molar-refractivity contribution in [3.8, 4) is 0 Å². The molecule has 7 nitrogen and oxygen atoms in total. The van der Waals surface area contributed by atoms with Crippen molar-refractivity contribution >= 4 is 28.5 Å². The highest BCUT2D eigenvalue weighted by Gasteiger charge is 2.07. The highest BCUT2D eigenvalue weighted by Crippen LogP contribution is 2.20. The molecule has 0 aliphatic heterocycles. The summed E-state index contributed by atoms with van der Waals surface area (Å²) in [5.41, 5.74) is 1.49. The van der Waals surface area contributed by atoms with Crippen LogP contribution in [0.3, 0.4) is 0 Å². The predicted molar refractivity (Wildman–Crippen MR) is 85.5 cm³/mol. The van der Waals surface area contributed by atoms with Gasteiger partial charge in [-0.2, -0.15) is 0 Å². The van der Waals surface area contributed by atoms with E-state index in [4.69, 9.17) is 14.6 Å². The van der Waals surface area contributed by atoms with E-state index in [1.165, 1.54) is 0 Å². The molecule has 1 heterocycles. The number of amides is 1. The number of carbonyl (C=O) groups excluding carboxylic acids is 1. The van der Waals surface area contributed by atoms with E-state index in [0.717, 1.165) is 10.9 Å². The first-order valence-electron chi connectivity index (χ1n) is 7.27. The summed E-state index contributed by atoms with van der Waals surface area (Å²) < 4.78 is 11.7. The lowest BCUT2D eigenvalue weighted by Crippen LogP contribution is -2.15. The third kappa shape index (κ3) is 5.08. The molecule has 7 heteroatoms. The molecule has 23 heavy (non-hydrogen) atoms. The molecule has 0 aliphatic carbocycles. The predicted octanol–water partition coefficient (Wildman–Crippen LogP) is 1.72. The summed E-state index contributed by atoms with van der Waals surface area (Å²) in [7, 11) is 1.59. The maximum Gasteiger partial charge on any atom is 0.323 e. The van der Waals surface area contributed by atoms with E-state index >= 15 is 0 Å². The van der Waals surface area contributed by atoms with Gasteiger partial charge in [-0.1, -0.05) is 0 Å². The van der Waals surface area contributed by atoms with Crippen molar-refractivity contribution in [3.63, 3.8) is 0 Å². The first kappa shape index (κ1) is 17.0. The second-order valence-electron chi connectivity index (χ2n) is 5.01. The van der Waals surface area contributed by atoms with Gasteiger partial charge in [-0.15, -0.1) is 0 Å². The molecule has 0 saturated heterocycles. The van der Waals surface area contributed by atoms with E-state index < -0.39 is 5.97 Å². The van der Waals surface area contributed by atoms with Crippen molar-refractivity contribution in [1.82, 2.24) is 4.57 Å². The number of carboxylic acid groups (broad SMARTS) is 1. The summed E-state index contributed by atoms with van der Waals surface area (Å²) in [6.45, 7) is 1.22. The largest absolute Gasteiger partial charge is 0.480 e. The van der Waals surface area contributed by atoms with Crippen LogP contribution in [0.25, 0.3) is 10.9 Å². The van der Waals surface area contributed by atoms with Crippen LogP contribution in [0, 0.1) is 0 Å². The van der Waals surface area contributed by atoms with E-state index in [1.807, 2.05) is 12.1 Å². The Morgan fingerprint density at radius 3 is 2.78 bits per heavy atom. The molecule has 0 aliphatic rings. The Bertz CT molecular complexity index is 680. The molecule has 124 valence electrons. The number of methoxy groups -OCH3 is 1. The lowest BCUT2D eigenvalue weighted by atomic mass is 10.2. The highest BCUT2D eigenvalue weighted by atomic mass is 16.5. The van der Waals surface area contributed by atoms with Crippen LogP contribution in [-0.2, 0) is 25.6 Å². The second kappa shape index (κ2) is 8.30. The number of fused-ring (bicyclic) bond motifs is 1. The van der Waals surface area contributed by atoms with Gasteiger partial charge in [0, 0.05) is 29.9 Å². The maximum atomic E-state index is 11.8. The van der Waals surface area contributed by atoms with Crippen LogP contribution in [0.2, 0.25) is 0 Å². The minimum atomic E-state index is -0.895. The Balaban J connectivity index is 1.91. The average Bonchev–Trinajstić information content (AvgIpc) is 2.89.